The lowest BCUT2D eigenvalue weighted by atomic mass is 10.1. The molecule has 0 saturated heterocycles. The van der Waals surface area contributed by atoms with Crippen molar-refractivity contribution < 1.29 is 5.11 Å². The summed E-state index contributed by atoms with van der Waals surface area (Å²) in [5.74, 6) is 0.337. The lowest BCUT2D eigenvalue weighted by Crippen LogP contribution is -1.87. The van der Waals surface area contributed by atoms with E-state index in [4.69, 9.17) is 0 Å². The lowest BCUT2D eigenvalue weighted by molar-refractivity contribution is 0.470. The van der Waals surface area contributed by atoms with Gasteiger partial charge in [0.25, 0.3) is 0 Å². The van der Waals surface area contributed by atoms with Crippen LogP contribution < -0.4 is 0 Å². The van der Waals surface area contributed by atoms with Gasteiger partial charge in [-0.1, -0.05) is 30.3 Å². The number of H-pyrrole nitrogens is 1. The molecule has 0 aliphatic heterocycles. The molecular formula is C11H12ClNO. The fraction of sp³-hybridized carbons (Fsp3) is 0.0909. The van der Waals surface area contributed by atoms with E-state index in [9.17, 15) is 5.11 Å². The highest BCUT2D eigenvalue weighted by molar-refractivity contribution is 5.85. The molecule has 3 heteroatoms. The molecule has 0 spiro atoms. The van der Waals surface area contributed by atoms with Gasteiger partial charge in [0.2, 0.25) is 0 Å². The van der Waals surface area contributed by atoms with Gasteiger partial charge < -0.3 is 10.1 Å². The van der Waals surface area contributed by atoms with Crippen molar-refractivity contribution in [3.05, 3.63) is 53.9 Å². The van der Waals surface area contributed by atoms with Crippen LogP contribution in [-0.2, 0) is 6.42 Å². The van der Waals surface area contributed by atoms with Crippen molar-refractivity contribution in [2.45, 2.75) is 6.42 Å². The maximum absolute atomic E-state index is 9.38. The molecule has 1 heterocycles. The van der Waals surface area contributed by atoms with Gasteiger partial charge in [0.15, 0.2) is 0 Å². The smallest absolute Gasteiger partial charge is 0.136 e. The Labute approximate surface area is 89.0 Å². The fourth-order valence-electron chi connectivity index (χ4n) is 1.34. The number of halogens is 1. The Balaban J connectivity index is 0.000000980. The summed E-state index contributed by atoms with van der Waals surface area (Å²) in [4.78, 5) is 3.00. The highest BCUT2D eigenvalue weighted by Gasteiger charge is 2.01. The molecule has 74 valence electrons. The Morgan fingerprint density at radius 2 is 1.79 bits per heavy atom. The minimum Gasteiger partial charge on any atom is -0.506 e. The number of aromatic nitrogens is 1. The third-order valence-electron chi connectivity index (χ3n) is 2.03. The first-order valence-corrected chi connectivity index (χ1v) is 4.25. The second-order valence-electron chi connectivity index (χ2n) is 3.00. The molecule has 0 atom stereocenters. The summed E-state index contributed by atoms with van der Waals surface area (Å²) in [6.45, 7) is 0. The summed E-state index contributed by atoms with van der Waals surface area (Å²) in [6, 6.07) is 11.7. The Bertz CT molecular complexity index is 383. The molecule has 2 aromatic rings. The molecule has 0 aliphatic carbocycles. The quantitative estimate of drug-likeness (QED) is 0.784. The van der Waals surface area contributed by atoms with E-state index in [-0.39, 0.29) is 12.4 Å². The van der Waals surface area contributed by atoms with Gasteiger partial charge in [0.05, 0.1) is 5.69 Å². The van der Waals surface area contributed by atoms with E-state index in [1.165, 1.54) is 5.56 Å². The number of hydrogen-bond donors (Lipinski definition) is 2. The third kappa shape index (κ3) is 2.30. The zero-order valence-electron chi connectivity index (χ0n) is 7.60. The van der Waals surface area contributed by atoms with E-state index in [0.717, 1.165) is 12.1 Å². The van der Waals surface area contributed by atoms with Gasteiger partial charge in [-0.05, 0) is 11.6 Å². The first kappa shape index (κ1) is 10.7. The van der Waals surface area contributed by atoms with Crippen LogP contribution in [-0.4, -0.2) is 10.1 Å². The predicted octanol–water partition coefficient (Wildman–Crippen LogP) is 2.73. The minimum absolute atomic E-state index is 0. The number of rotatable bonds is 2. The van der Waals surface area contributed by atoms with Crippen LogP contribution in [0.15, 0.2) is 42.6 Å². The molecule has 0 unspecified atom stereocenters. The van der Waals surface area contributed by atoms with E-state index in [0.29, 0.717) is 5.75 Å². The zero-order valence-corrected chi connectivity index (χ0v) is 8.42. The molecule has 0 aliphatic rings. The topological polar surface area (TPSA) is 36.0 Å². The summed E-state index contributed by atoms with van der Waals surface area (Å²) >= 11 is 0. The monoisotopic (exact) mass is 209 g/mol. The summed E-state index contributed by atoms with van der Waals surface area (Å²) in [5, 5.41) is 9.38. The van der Waals surface area contributed by atoms with Crippen molar-refractivity contribution >= 4 is 12.4 Å². The van der Waals surface area contributed by atoms with Crippen LogP contribution >= 0.6 is 12.4 Å². The second-order valence-corrected chi connectivity index (χ2v) is 3.00. The molecule has 1 aromatic carbocycles. The van der Waals surface area contributed by atoms with Crippen LogP contribution in [0.25, 0.3) is 0 Å². The van der Waals surface area contributed by atoms with Crippen molar-refractivity contribution in [2.75, 3.05) is 0 Å². The van der Waals surface area contributed by atoms with Gasteiger partial charge in [-0.15, -0.1) is 12.4 Å². The van der Waals surface area contributed by atoms with Gasteiger partial charge in [-0.3, -0.25) is 0 Å². The second kappa shape index (κ2) is 4.72. The maximum atomic E-state index is 9.38. The van der Waals surface area contributed by atoms with Crippen molar-refractivity contribution in [3.63, 3.8) is 0 Å². The molecular weight excluding hydrogens is 198 g/mol. The molecule has 2 nitrogen and oxygen atoms in total. The van der Waals surface area contributed by atoms with Crippen LogP contribution in [0.4, 0.5) is 0 Å². The molecule has 1 aromatic heterocycles. The van der Waals surface area contributed by atoms with Crippen molar-refractivity contribution in [3.8, 4) is 5.75 Å². The Morgan fingerprint density at radius 3 is 2.36 bits per heavy atom. The van der Waals surface area contributed by atoms with E-state index < -0.39 is 0 Å². The largest absolute Gasteiger partial charge is 0.506 e. The standard InChI is InChI=1S/C11H11NO.ClH/c13-11-6-7-12-10(11)8-9-4-2-1-3-5-9;/h1-7,12-13H,8H2;1H. The van der Waals surface area contributed by atoms with Crippen molar-refractivity contribution in [2.24, 2.45) is 0 Å². The number of hydrogen-bond acceptors (Lipinski definition) is 1. The van der Waals surface area contributed by atoms with Crippen LogP contribution in [0.3, 0.4) is 0 Å². The van der Waals surface area contributed by atoms with Crippen LogP contribution in [0.5, 0.6) is 5.75 Å². The molecule has 0 radical (unpaired) electrons. The normalized spacial score (nSPS) is 9.43. The molecule has 0 amide bonds. The zero-order chi connectivity index (χ0) is 9.10. The van der Waals surface area contributed by atoms with Gasteiger partial charge in [-0.25, -0.2) is 0 Å². The Kier molecular flexibility index (Phi) is 3.60. The van der Waals surface area contributed by atoms with Crippen LogP contribution in [0, 0.1) is 0 Å². The van der Waals surface area contributed by atoms with E-state index in [1.54, 1.807) is 12.3 Å². The van der Waals surface area contributed by atoms with Gasteiger partial charge in [0, 0.05) is 12.6 Å². The molecule has 14 heavy (non-hydrogen) atoms. The molecule has 2 N–H and O–H groups in total. The van der Waals surface area contributed by atoms with Crippen LogP contribution in [0.1, 0.15) is 11.3 Å². The number of nitrogens with one attached hydrogen (secondary N) is 1. The summed E-state index contributed by atoms with van der Waals surface area (Å²) in [5.41, 5.74) is 2.06. The van der Waals surface area contributed by atoms with E-state index >= 15 is 0 Å². The number of aromatic amines is 1. The molecule has 2 rings (SSSR count). The van der Waals surface area contributed by atoms with E-state index in [1.807, 2.05) is 30.3 Å². The number of aromatic hydroxyl groups is 1. The minimum atomic E-state index is 0. The van der Waals surface area contributed by atoms with Crippen molar-refractivity contribution in [1.82, 2.24) is 4.98 Å². The third-order valence-corrected chi connectivity index (χ3v) is 2.03. The Morgan fingerprint density at radius 1 is 1.07 bits per heavy atom. The van der Waals surface area contributed by atoms with Crippen LogP contribution in [0.2, 0.25) is 0 Å². The van der Waals surface area contributed by atoms with E-state index in [2.05, 4.69) is 4.98 Å². The predicted molar refractivity (Wildman–Crippen MR) is 59.0 cm³/mol. The average molecular weight is 210 g/mol. The van der Waals surface area contributed by atoms with Gasteiger partial charge >= 0.3 is 0 Å². The fourth-order valence-corrected chi connectivity index (χ4v) is 1.34. The maximum Gasteiger partial charge on any atom is 0.136 e. The summed E-state index contributed by atoms with van der Waals surface area (Å²) < 4.78 is 0. The molecule has 0 bridgehead atoms. The average Bonchev–Trinajstić information content (AvgIpc) is 2.54. The highest BCUT2D eigenvalue weighted by atomic mass is 35.5. The summed E-state index contributed by atoms with van der Waals surface area (Å²) in [7, 11) is 0. The molecule has 0 saturated carbocycles. The lowest BCUT2D eigenvalue weighted by Gasteiger charge is -1.99. The van der Waals surface area contributed by atoms with Gasteiger partial charge in [-0.2, -0.15) is 0 Å². The Hall–Kier alpha value is -1.41. The highest BCUT2D eigenvalue weighted by Crippen LogP contribution is 2.17. The molecule has 0 fully saturated rings. The van der Waals surface area contributed by atoms with Crippen molar-refractivity contribution in [1.29, 1.82) is 0 Å². The summed E-state index contributed by atoms with van der Waals surface area (Å²) in [6.07, 6.45) is 2.49. The first-order valence-electron chi connectivity index (χ1n) is 4.25. The number of benzene rings is 1. The SMILES string of the molecule is Cl.Oc1cc[nH]c1Cc1ccccc1. The first-order chi connectivity index (χ1) is 6.36. The van der Waals surface area contributed by atoms with Gasteiger partial charge in [0.1, 0.15) is 5.75 Å².